The molecule has 0 aliphatic heterocycles. The van der Waals surface area contributed by atoms with E-state index >= 15 is 0 Å². The van der Waals surface area contributed by atoms with Gasteiger partial charge in [0.1, 0.15) is 0 Å². The van der Waals surface area contributed by atoms with E-state index in [2.05, 4.69) is 4.74 Å². The Bertz CT molecular complexity index is 432. The average Bonchev–Trinajstić information content (AvgIpc) is 2.26. The molecule has 0 aromatic heterocycles. The third kappa shape index (κ3) is 2.55. The van der Waals surface area contributed by atoms with Crippen LogP contribution in [-0.2, 0) is 4.74 Å². The Morgan fingerprint density at radius 3 is 2.44 bits per heavy atom. The highest BCUT2D eigenvalue weighted by molar-refractivity contribution is 6.34. The number of alkyl halides is 2. The molecular formula is C10H7ClF2O3. The number of carbonyl (C=O) groups is 2. The van der Waals surface area contributed by atoms with Crippen LogP contribution < -0.4 is 0 Å². The monoisotopic (exact) mass is 248 g/mol. The molecule has 1 aromatic rings. The summed E-state index contributed by atoms with van der Waals surface area (Å²) in [5.41, 5.74) is -0.220. The third-order valence-electron chi connectivity index (χ3n) is 1.86. The smallest absolute Gasteiger partial charge is 0.339 e. The second kappa shape index (κ2) is 5.03. The van der Waals surface area contributed by atoms with Gasteiger partial charge in [0.2, 0.25) is 5.78 Å². The Hall–Kier alpha value is -1.49. The maximum Gasteiger partial charge on any atom is 0.339 e. The summed E-state index contributed by atoms with van der Waals surface area (Å²) in [6.45, 7) is 0. The van der Waals surface area contributed by atoms with Crippen molar-refractivity contribution in [3.05, 3.63) is 34.3 Å². The largest absolute Gasteiger partial charge is 0.465 e. The molecule has 6 heteroatoms. The predicted octanol–water partition coefficient (Wildman–Crippen LogP) is 2.57. The first kappa shape index (κ1) is 12.6. The van der Waals surface area contributed by atoms with Crippen LogP contribution in [-0.4, -0.2) is 25.3 Å². The van der Waals surface area contributed by atoms with E-state index in [9.17, 15) is 18.4 Å². The highest BCUT2D eigenvalue weighted by atomic mass is 35.5. The van der Waals surface area contributed by atoms with Gasteiger partial charge >= 0.3 is 12.4 Å². The van der Waals surface area contributed by atoms with Crippen LogP contribution in [0.4, 0.5) is 8.78 Å². The summed E-state index contributed by atoms with van der Waals surface area (Å²) in [5.74, 6) is -2.03. The van der Waals surface area contributed by atoms with Gasteiger partial charge in [-0.25, -0.2) is 13.6 Å². The Morgan fingerprint density at radius 2 is 2.00 bits per heavy atom. The molecule has 0 radical (unpaired) electrons. The number of ether oxygens (including phenoxy) is 1. The van der Waals surface area contributed by atoms with E-state index in [1.807, 2.05) is 0 Å². The van der Waals surface area contributed by atoms with E-state index < -0.39 is 18.2 Å². The number of methoxy groups -OCH3 is 1. The van der Waals surface area contributed by atoms with Gasteiger partial charge in [-0.05, 0) is 12.1 Å². The van der Waals surface area contributed by atoms with Crippen molar-refractivity contribution in [3.63, 3.8) is 0 Å². The zero-order valence-electron chi connectivity index (χ0n) is 8.17. The maximum absolute atomic E-state index is 12.1. The molecule has 86 valence electrons. The van der Waals surface area contributed by atoms with Gasteiger partial charge in [-0.1, -0.05) is 17.7 Å². The summed E-state index contributed by atoms with van der Waals surface area (Å²) >= 11 is 5.65. The molecule has 0 N–H and O–H groups in total. The number of hydrogen-bond donors (Lipinski definition) is 0. The van der Waals surface area contributed by atoms with Gasteiger partial charge in [0.25, 0.3) is 0 Å². The molecule has 0 aliphatic rings. The molecule has 0 atom stereocenters. The first-order chi connectivity index (χ1) is 7.47. The van der Waals surface area contributed by atoms with Crippen molar-refractivity contribution >= 4 is 23.4 Å². The fraction of sp³-hybridized carbons (Fsp3) is 0.200. The van der Waals surface area contributed by atoms with E-state index in [0.717, 1.165) is 19.2 Å². The van der Waals surface area contributed by atoms with Crippen LogP contribution in [0.1, 0.15) is 20.7 Å². The summed E-state index contributed by atoms with van der Waals surface area (Å²) < 4.78 is 28.6. The molecule has 0 amide bonds. The number of esters is 1. The van der Waals surface area contributed by atoms with Crippen molar-refractivity contribution < 1.29 is 23.1 Å². The molecule has 3 nitrogen and oxygen atoms in total. The van der Waals surface area contributed by atoms with Crippen LogP contribution in [0, 0.1) is 0 Å². The Labute approximate surface area is 95.0 Å². The Kier molecular flexibility index (Phi) is 3.95. The van der Waals surface area contributed by atoms with Crippen LogP contribution in [0.3, 0.4) is 0 Å². The first-order valence-electron chi connectivity index (χ1n) is 4.17. The number of hydrogen-bond acceptors (Lipinski definition) is 3. The van der Waals surface area contributed by atoms with Gasteiger partial charge in [0, 0.05) is 5.56 Å². The molecule has 0 fully saturated rings. The lowest BCUT2D eigenvalue weighted by Crippen LogP contribution is -2.11. The molecule has 0 aliphatic carbocycles. The summed E-state index contributed by atoms with van der Waals surface area (Å²) in [6.07, 6.45) is -3.10. The normalized spacial score (nSPS) is 10.3. The molecule has 16 heavy (non-hydrogen) atoms. The second-order valence-corrected chi connectivity index (χ2v) is 3.26. The molecule has 0 heterocycles. The van der Waals surface area contributed by atoms with Crippen molar-refractivity contribution in [1.29, 1.82) is 0 Å². The molecule has 0 unspecified atom stereocenters. The lowest BCUT2D eigenvalue weighted by atomic mass is 10.1. The Morgan fingerprint density at radius 1 is 1.38 bits per heavy atom. The summed E-state index contributed by atoms with van der Waals surface area (Å²) in [7, 11) is 1.16. The lowest BCUT2D eigenvalue weighted by Gasteiger charge is -2.04. The van der Waals surface area contributed by atoms with Crippen molar-refractivity contribution in [1.82, 2.24) is 0 Å². The molecule has 0 spiro atoms. The fourth-order valence-corrected chi connectivity index (χ4v) is 1.33. The highest BCUT2D eigenvalue weighted by Crippen LogP contribution is 2.20. The van der Waals surface area contributed by atoms with E-state index in [0.29, 0.717) is 0 Å². The van der Waals surface area contributed by atoms with Crippen LogP contribution in [0.15, 0.2) is 18.2 Å². The number of Topliss-reactive ketones (excluding diaryl/α,β-unsaturated/α-hetero) is 1. The van der Waals surface area contributed by atoms with E-state index in [1.54, 1.807) is 0 Å². The Balaban J connectivity index is 3.09. The van der Waals surface area contributed by atoms with Crippen LogP contribution in [0.5, 0.6) is 0 Å². The van der Waals surface area contributed by atoms with Gasteiger partial charge in [-0.2, -0.15) is 0 Å². The molecule has 1 aromatic carbocycles. The average molecular weight is 249 g/mol. The van der Waals surface area contributed by atoms with E-state index in [4.69, 9.17) is 11.6 Å². The molecule has 0 bridgehead atoms. The van der Waals surface area contributed by atoms with Gasteiger partial charge < -0.3 is 4.74 Å². The standard InChI is InChI=1S/C10H7ClF2O3/c1-16-10(15)6-3-2-5(4-7(6)11)8(14)9(12)13/h2-4,9H,1H3. The van der Waals surface area contributed by atoms with E-state index in [1.165, 1.54) is 6.07 Å². The van der Waals surface area contributed by atoms with Crippen molar-refractivity contribution in [2.24, 2.45) is 0 Å². The minimum absolute atomic E-state index is 0.0231. The number of rotatable bonds is 3. The summed E-state index contributed by atoms with van der Waals surface area (Å²) in [4.78, 5) is 22.0. The lowest BCUT2D eigenvalue weighted by molar-refractivity contribution is 0.0600. The molecule has 0 saturated carbocycles. The molecular weight excluding hydrogens is 242 g/mol. The zero-order chi connectivity index (χ0) is 12.3. The molecule has 1 rings (SSSR count). The minimum Gasteiger partial charge on any atom is -0.465 e. The number of benzene rings is 1. The molecule has 0 saturated heterocycles. The van der Waals surface area contributed by atoms with Crippen molar-refractivity contribution in [2.45, 2.75) is 6.43 Å². The maximum atomic E-state index is 12.1. The van der Waals surface area contributed by atoms with Gasteiger partial charge in [0.05, 0.1) is 17.7 Å². The number of halogens is 3. The van der Waals surface area contributed by atoms with Crippen molar-refractivity contribution in [3.8, 4) is 0 Å². The summed E-state index contributed by atoms with van der Waals surface area (Å²) in [6, 6.07) is 3.29. The topological polar surface area (TPSA) is 43.4 Å². The SMILES string of the molecule is COC(=O)c1ccc(C(=O)C(F)F)cc1Cl. The van der Waals surface area contributed by atoms with Crippen LogP contribution >= 0.6 is 11.6 Å². The van der Waals surface area contributed by atoms with Gasteiger partial charge in [-0.3, -0.25) is 4.79 Å². The van der Waals surface area contributed by atoms with Crippen LogP contribution in [0.25, 0.3) is 0 Å². The quantitative estimate of drug-likeness (QED) is 0.610. The second-order valence-electron chi connectivity index (χ2n) is 2.85. The third-order valence-corrected chi connectivity index (χ3v) is 2.17. The number of carbonyl (C=O) groups excluding carboxylic acids is 2. The van der Waals surface area contributed by atoms with Gasteiger partial charge in [0.15, 0.2) is 0 Å². The zero-order valence-corrected chi connectivity index (χ0v) is 8.92. The number of ketones is 1. The van der Waals surface area contributed by atoms with Gasteiger partial charge in [-0.15, -0.1) is 0 Å². The minimum atomic E-state index is -3.10. The van der Waals surface area contributed by atoms with Crippen LogP contribution in [0.2, 0.25) is 5.02 Å². The summed E-state index contributed by atoms with van der Waals surface area (Å²) in [5, 5.41) is -0.0987. The fourth-order valence-electron chi connectivity index (χ4n) is 1.07. The highest BCUT2D eigenvalue weighted by Gasteiger charge is 2.20. The van der Waals surface area contributed by atoms with E-state index in [-0.39, 0.29) is 16.1 Å². The van der Waals surface area contributed by atoms with Crippen molar-refractivity contribution in [2.75, 3.05) is 7.11 Å². The predicted molar refractivity (Wildman–Crippen MR) is 53.1 cm³/mol. The first-order valence-corrected chi connectivity index (χ1v) is 4.55.